The number of aromatic hydroxyl groups is 1. The summed E-state index contributed by atoms with van der Waals surface area (Å²) >= 11 is 0. The van der Waals surface area contributed by atoms with E-state index in [4.69, 9.17) is 10.5 Å². The Bertz CT molecular complexity index is 867. The van der Waals surface area contributed by atoms with E-state index >= 15 is 0 Å². The topological polar surface area (TPSA) is 171 Å². The third-order valence-electron chi connectivity index (χ3n) is 4.47. The highest BCUT2D eigenvalue weighted by atomic mass is 16.6. The number of benzene rings is 1. The van der Waals surface area contributed by atoms with E-state index in [9.17, 15) is 29.4 Å². The molecule has 0 spiro atoms. The van der Waals surface area contributed by atoms with Crippen LogP contribution in [-0.4, -0.2) is 69.8 Å². The van der Waals surface area contributed by atoms with Gasteiger partial charge in [0.25, 0.3) is 0 Å². The molecule has 1 aromatic carbocycles. The van der Waals surface area contributed by atoms with Crippen LogP contribution in [0.5, 0.6) is 5.75 Å². The smallest absolute Gasteiger partial charge is 0.408 e. The van der Waals surface area contributed by atoms with E-state index in [1.807, 2.05) is 0 Å². The number of phenolic OH excluding ortho intramolecular Hbond substituents is 1. The summed E-state index contributed by atoms with van der Waals surface area (Å²) in [6.07, 6.45) is -1.25. The minimum Gasteiger partial charge on any atom is -0.508 e. The molecule has 0 radical (unpaired) electrons. The van der Waals surface area contributed by atoms with E-state index in [1.165, 1.54) is 18.2 Å². The molecule has 2 atom stereocenters. The van der Waals surface area contributed by atoms with Gasteiger partial charge in [0.05, 0.1) is 6.61 Å². The summed E-state index contributed by atoms with van der Waals surface area (Å²) in [4.78, 5) is 51.6. The lowest BCUT2D eigenvalue weighted by molar-refractivity contribution is -0.143. The lowest BCUT2D eigenvalue weighted by Gasteiger charge is -2.34. The van der Waals surface area contributed by atoms with E-state index in [0.717, 1.165) is 4.90 Å². The molecule has 0 bridgehead atoms. The molecule has 34 heavy (non-hydrogen) atoms. The number of nitrogens with zero attached hydrogens (tertiary/aromatic N) is 1. The molecular formula is C23H36N4O7. The second-order valence-corrected chi connectivity index (χ2v) is 9.12. The zero-order valence-corrected chi connectivity index (χ0v) is 20.3. The Labute approximate surface area is 199 Å². The maximum atomic E-state index is 13.6. The lowest BCUT2D eigenvalue weighted by Crippen LogP contribution is -2.54. The highest BCUT2D eigenvalue weighted by Crippen LogP contribution is 2.26. The van der Waals surface area contributed by atoms with Crippen LogP contribution in [0.15, 0.2) is 24.3 Å². The molecule has 1 rings (SSSR count). The molecule has 190 valence electrons. The third-order valence-corrected chi connectivity index (χ3v) is 4.47. The van der Waals surface area contributed by atoms with Gasteiger partial charge in [0.2, 0.25) is 17.7 Å². The van der Waals surface area contributed by atoms with Crippen LogP contribution in [0.2, 0.25) is 0 Å². The van der Waals surface area contributed by atoms with Gasteiger partial charge < -0.3 is 36.2 Å². The number of hydrogen-bond donors (Lipinski definition) is 5. The second kappa shape index (κ2) is 12.8. The molecule has 11 heteroatoms. The number of amides is 4. The van der Waals surface area contributed by atoms with Crippen molar-refractivity contribution in [2.45, 2.75) is 71.2 Å². The molecule has 0 saturated heterocycles. The predicted molar refractivity (Wildman–Crippen MR) is 125 cm³/mol. The third kappa shape index (κ3) is 9.65. The summed E-state index contributed by atoms with van der Waals surface area (Å²) in [5.41, 5.74) is 4.70. The Kier molecular flexibility index (Phi) is 10.8. The number of hydrogen-bond acceptors (Lipinski definition) is 7. The van der Waals surface area contributed by atoms with Crippen LogP contribution in [0.25, 0.3) is 0 Å². The Morgan fingerprint density at radius 2 is 1.79 bits per heavy atom. The molecule has 0 fully saturated rings. The summed E-state index contributed by atoms with van der Waals surface area (Å²) in [6.45, 7) is 7.71. The first-order chi connectivity index (χ1) is 15.7. The van der Waals surface area contributed by atoms with Crippen LogP contribution in [0.4, 0.5) is 4.79 Å². The van der Waals surface area contributed by atoms with E-state index in [1.54, 1.807) is 40.7 Å². The molecule has 2 unspecified atom stereocenters. The summed E-state index contributed by atoms with van der Waals surface area (Å²) in [6, 6.07) is 3.07. The fraction of sp³-hybridized carbons (Fsp3) is 0.565. The van der Waals surface area contributed by atoms with Gasteiger partial charge in [-0.05, 0) is 58.7 Å². The van der Waals surface area contributed by atoms with Gasteiger partial charge in [0, 0.05) is 19.0 Å². The maximum absolute atomic E-state index is 13.6. The van der Waals surface area contributed by atoms with Crippen molar-refractivity contribution in [1.82, 2.24) is 15.5 Å². The van der Waals surface area contributed by atoms with Crippen LogP contribution in [0.3, 0.4) is 0 Å². The number of carbonyl (C=O) groups is 4. The molecule has 6 N–H and O–H groups in total. The number of aliphatic hydroxyl groups is 1. The van der Waals surface area contributed by atoms with E-state index < -0.39 is 48.1 Å². The van der Waals surface area contributed by atoms with Gasteiger partial charge in [0.15, 0.2) is 0 Å². The first-order valence-corrected chi connectivity index (χ1v) is 11.0. The summed E-state index contributed by atoms with van der Waals surface area (Å²) in [7, 11) is 0. The van der Waals surface area contributed by atoms with Crippen molar-refractivity contribution < 1.29 is 34.1 Å². The average Bonchev–Trinajstić information content (AvgIpc) is 2.68. The van der Waals surface area contributed by atoms with Crippen molar-refractivity contribution in [2.75, 3.05) is 13.2 Å². The van der Waals surface area contributed by atoms with E-state index in [-0.39, 0.29) is 31.2 Å². The number of alkyl carbamates (subject to hydrolysis) is 1. The van der Waals surface area contributed by atoms with Crippen molar-refractivity contribution in [3.8, 4) is 5.75 Å². The Morgan fingerprint density at radius 1 is 1.15 bits per heavy atom. The van der Waals surface area contributed by atoms with Gasteiger partial charge >= 0.3 is 6.09 Å². The fourth-order valence-corrected chi connectivity index (χ4v) is 3.20. The molecule has 11 nitrogen and oxygen atoms in total. The maximum Gasteiger partial charge on any atom is 0.408 e. The number of aliphatic hydroxyl groups excluding tert-OH is 1. The molecule has 0 aromatic heterocycles. The van der Waals surface area contributed by atoms with Gasteiger partial charge in [-0.3, -0.25) is 14.4 Å². The van der Waals surface area contributed by atoms with Crippen LogP contribution >= 0.6 is 0 Å². The largest absolute Gasteiger partial charge is 0.508 e. The first-order valence-electron chi connectivity index (χ1n) is 11.0. The van der Waals surface area contributed by atoms with Gasteiger partial charge in [-0.15, -0.1) is 0 Å². The number of nitrogens with one attached hydrogen (secondary N) is 2. The Hall–Kier alpha value is -3.34. The van der Waals surface area contributed by atoms with Gasteiger partial charge in [0.1, 0.15) is 23.4 Å². The number of nitrogens with two attached hydrogens (primary N) is 1. The molecule has 0 saturated carbocycles. The van der Waals surface area contributed by atoms with E-state index in [2.05, 4.69) is 10.6 Å². The van der Waals surface area contributed by atoms with Crippen LogP contribution in [-0.2, 0) is 19.1 Å². The minimum absolute atomic E-state index is 0.117. The van der Waals surface area contributed by atoms with Crippen molar-refractivity contribution in [1.29, 1.82) is 0 Å². The Morgan fingerprint density at radius 3 is 2.29 bits per heavy atom. The summed E-state index contributed by atoms with van der Waals surface area (Å²) in [5, 5.41) is 24.8. The number of phenols is 1. The zero-order chi connectivity index (χ0) is 26.1. The lowest BCUT2D eigenvalue weighted by atomic mass is 10.0. The number of primary amides is 1. The zero-order valence-electron chi connectivity index (χ0n) is 20.3. The molecule has 4 amide bonds. The number of ether oxygens (including phenoxy) is 1. The highest BCUT2D eigenvalue weighted by molar-refractivity contribution is 5.92. The van der Waals surface area contributed by atoms with Crippen molar-refractivity contribution >= 4 is 23.8 Å². The standard InChI is InChI=1S/C23H36N4O7/c1-14(2)25-20(31)19(15-7-6-8-16(29)13-15)27(11-12-28)21(32)17(9-10-18(24)30)26-22(33)34-23(3,4)5/h6-8,13-14,17,19,28-29H,9-12H2,1-5H3,(H2,24,30)(H,25,31)(H,26,33). The van der Waals surface area contributed by atoms with Crippen molar-refractivity contribution in [2.24, 2.45) is 5.73 Å². The van der Waals surface area contributed by atoms with E-state index in [0.29, 0.717) is 5.56 Å². The summed E-state index contributed by atoms with van der Waals surface area (Å²) in [5.74, 6) is -2.07. The second-order valence-electron chi connectivity index (χ2n) is 9.12. The highest BCUT2D eigenvalue weighted by Gasteiger charge is 2.36. The van der Waals surface area contributed by atoms with Crippen molar-refractivity contribution in [3.63, 3.8) is 0 Å². The van der Waals surface area contributed by atoms with Gasteiger partial charge in [-0.2, -0.15) is 0 Å². The minimum atomic E-state index is -1.26. The molecule has 0 aliphatic carbocycles. The van der Waals surface area contributed by atoms with Crippen LogP contribution in [0.1, 0.15) is 59.1 Å². The van der Waals surface area contributed by atoms with Crippen molar-refractivity contribution in [3.05, 3.63) is 29.8 Å². The average molecular weight is 481 g/mol. The molecular weight excluding hydrogens is 444 g/mol. The quantitative estimate of drug-likeness (QED) is 0.313. The molecule has 0 aliphatic heterocycles. The first kappa shape index (κ1) is 28.7. The molecule has 1 aromatic rings. The van der Waals surface area contributed by atoms with Gasteiger partial charge in [-0.1, -0.05) is 12.1 Å². The normalized spacial score (nSPS) is 13.0. The molecule has 0 aliphatic rings. The van der Waals surface area contributed by atoms with Gasteiger partial charge in [-0.25, -0.2) is 4.79 Å². The Balaban J connectivity index is 3.41. The van der Waals surface area contributed by atoms with Crippen LogP contribution < -0.4 is 16.4 Å². The van der Waals surface area contributed by atoms with Crippen LogP contribution in [0, 0.1) is 0 Å². The fourth-order valence-electron chi connectivity index (χ4n) is 3.20. The number of carbonyl (C=O) groups excluding carboxylic acids is 4. The number of rotatable bonds is 11. The summed E-state index contributed by atoms with van der Waals surface area (Å²) < 4.78 is 5.23. The SMILES string of the molecule is CC(C)NC(=O)C(c1cccc(O)c1)N(CCO)C(=O)C(CCC(N)=O)NC(=O)OC(C)(C)C. The monoisotopic (exact) mass is 480 g/mol. The molecule has 0 heterocycles. The predicted octanol–water partition coefficient (Wildman–Crippen LogP) is 0.938.